The summed E-state index contributed by atoms with van der Waals surface area (Å²) in [5.41, 5.74) is 2.39. The summed E-state index contributed by atoms with van der Waals surface area (Å²) in [6, 6.07) is 13.2. The van der Waals surface area contributed by atoms with E-state index in [4.69, 9.17) is 9.47 Å². The smallest absolute Gasteiger partial charge is 0.415 e. The van der Waals surface area contributed by atoms with Crippen LogP contribution in [0.4, 0.5) is 16.2 Å². The Kier molecular flexibility index (Phi) is 5.21. The molecule has 2 unspecified atom stereocenters. The fourth-order valence-corrected chi connectivity index (χ4v) is 4.26. The number of nitrogens with zero attached hydrogens (tertiary/aromatic N) is 2. The van der Waals surface area contributed by atoms with Crippen LogP contribution in [0.25, 0.3) is 0 Å². The number of anilines is 2. The predicted octanol–water partition coefficient (Wildman–Crippen LogP) is 3.48. The van der Waals surface area contributed by atoms with Crippen molar-refractivity contribution in [3.05, 3.63) is 59.7 Å². The molecule has 31 heavy (non-hydrogen) atoms. The number of carbonyl (C=O) groups is 3. The van der Waals surface area contributed by atoms with Gasteiger partial charge in [0, 0.05) is 18.5 Å². The first-order chi connectivity index (χ1) is 14.7. The number of fused-ring (bicyclic) bond motifs is 2. The Labute approximate surface area is 181 Å². The second-order valence-corrected chi connectivity index (χ2v) is 8.78. The molecule has 2 aromatic rings. The van der Waals surface area contributed by atoms with Crippen molar-refractivity contribution in [2.75, 3.05) is 16.9 Å². The molecule has 0 radical (unpaired) electrons. The number of amides is 2. The molecular weight excluding hydrogens is 396 g/mol. The molecule has 0 saturated carbocycles. The van der Waals surface area contributed by atoms with Gasteiger partial charge in [0.1, 0.15) is 17.7 Å². The third kappa shape index (κ3) is 3.76. The van der Waals surface area contributed by atoms with Gasteiger partial charge in [-0.3, -0.25) is 14.6 Å². The molecule has 7 heteroatoms. The second kappa shape index (κ2) is 7.72. The van der Waals surface area contributed by atoms with Crippen LogP contribution in [0.15, 0.2) is 48.5 Å². The van der Waals surface area contributed by atoms with Crippen LogP contribution in [0, 0.1) is 0 Å². The molecule has 0 bridgehead atoms. The van der Waals surface area contributed by atoms with Crippen molar-refractivity contribution in [3.63, 3.8) is 0 Å². The van der Waals surface area contributed by atoms with Crippen LogP contribution in [-0.2, 0) is 31.9 Å². The number of esters is 1. The largest absolute Gasteiger partial charge is 0.467 e. The maximum atomic E-state index is 13.9. The number of benzene rings is 2. The van der Waals surface area contributed by atoms with Gasteiger partial charge >= 0.3 is 12.1 Å². The summed E-state index contributed by atoms with van der Waals surface area (Å²) in [5, 5.41) is 0. The Morgan fingerprint density at radius 2 is 1.35 bits per heavy atom. The lowest BCUT2D eigenvalue weighted by Crippen LogP contribution is -2.54. The number of para-hydroxylation sites is 2. The maximum Gasteiger partial charge on any atom is 0.415 e. The van der Waals surface area contributed by atoms with E-state index in [0.29, 0.717) is 24.2 Å². The molecule has 162 valence electrons. The first kappa shape index (κ1) is 20.9. The number of methoxy groups -OCH3 is 1. The molecule has 0 fully saturated rings. The summed E-state index contributed by atoms with van der Waals surface area (Å²) in [5.74, 6) is -0.814. The van der Waals surface area contributed by atoms with E-state index in [9.17, 15) is 14.4 Å². The number of rotatable bonds is 2. The zero-order valence-corrected chi connectivity index (χ0v) is 18.1. The minimum absolute atomic E-state index is 0.331. The molecule has 0 aromatic heterocycles. The number of carbonyl (C=O) groups excluding carboxylic acids is 3. The fraction of sp³-hybridized carbons (Fsp3) is 0.375. The predicted molar refractivity (Wildman–Crippen MR) is 116 cm³/mol. The minimum Gasteiger partial charge on any atom is -0.467 e. The van der Waals surface area contributed by atoms with Crippen molar-refractivity contribution >= 4 is 29.3 Å². The Hall–Kier alpha value is -3.35. The SMILES string of the molecule is COC(=O)C1Cc2ccccc2N1C(=O)C1Cc2ccccc2N1C(=O)OC(C)(C)C. The Morgan fingerprint density at radius 1 is 0.839 bits per heavy atom. The van der Waals surface area contributed by atoms with Gasteiger partial charge in [0.25, 0.3) is 5.91 Å². The summed E-state index contributed by atoms with van der Waals surface area (Å²) >= 11 is 0. The zero-order chi connectivity index (χ0) is 22.3. The first-order valence-corrected chi connectivity index (χ1v) is 10.3. The molecule has 0 spiro atoms. The third-order valence-electron chi connectivity index (χ3n) is 5.54. The lowest BCUT2D eigenvalue weighted by molar-refractivity contribution is -0.143. The van der Waals surface area contributed by atoms with Crippen LogP contribution < -0.4 is 9.80 Å². The van der Waals surface area contributed by atoms with Crippen LogP contribution in [-0.4, -0.2) is 42.8 Å². The average molecular weight is 422 g/mol. The van der Waals surface area contributed by atoms with Gasteiger partial charge in [0.05, 0.1) is 12.8 Å². The van der Waals surface area contributed by atoms with Crippen LogP contribution in [0.2, 0.25) is 0 Å². The molecule has 2 heterocycles. The zero-order valence-electron chi connectivity index (χ0n) is 18.1. The van der Waals surface area contributed by atoms with Crippen molar-refractivity contribution in [2.45, 2.75) is 51.3 Å². The van der Waals surface area contributed by atoms with E-state index in [-0.39, 0.29) is 5.91 Å². The summed E-state index contributed by atoms with van der Waals surface area (Å²) in [6.07, 6.45) is 0.138. The molecule has 0 saturated heterocycles. The Morgan fingerprint density at radius 3 is 1.90 bits per heavy atom. The highest BCUT2D eigenvalue weighted by Gasteiger charge is 2.47. The Balaban J connectivity index is 1.73. The van der Waals surface area contributed by atoms with Gasteiger partial charge in [-0.1, -0.05) is 36.4 Å². The van der Waals surface area contributed by atoms with Crippen molar-refractivity contribution < 1.29 is 23.9 Å². The third-order valence-corrected chi connectivity index (χ3v) is 5.54. The van der Waals surface area contributed by atoms with E-state index in [1.165, 1.54) is 16.9 Å². The molecule has 2 aliphatic rings. The van der Waals surface area contributed by atoms with E-state index < -0.39 is 29.7 Å². The minimum atomic E-state index is -0.814. The molecule has 7 nitrogen and oxygen atoms in total. The fourth-order valence-electron chi connectivity index (χ4n) is 4.26. The van der Waals surface area contributed by atoms with E-state index in [1.54, 1.807) is 20.8 Å². The molecule has 2 aromatic carbocycles. The molecule has 0 N–H and O–H groups in total. The number of ether oxygens (including phenoxy) is 2. The molecule has 4 rings (SSSR count). The van der Waals surface area contributed by atoms with Gasteiger partial charge in [0.2, 0.25) is 0 Å². The normalized spacial score (nSPS) is 19.6. The van der Waals surface area contributed by atoms with Gasteiger partial charge in [-0.15, -0.1) is 0 Å². The lowest BCUT2D eigenvalue weighted by atomic mass is 10.1. The molecule has 2 atom stereocenters. The van der Waals surface area contributed by atoms with Crippen molar-refractivity contribution in [2.24, 2.45) is 0 Å². The van der Waals surface area contributed by atoms with E-state index >= 15 is 0 Å². The monoisotopic (exact) mass is 422 g/mol. The summed E-state index contributed by atoms with van der Waals surface area (Å²) < 4.78 is 10.6. The molecule has 2 amide bonds. The van der Waals surface area contributed by atoms with Crippen LogP contribution >= 0.6 is 0 Å². The van der Waals surface area contributed by atoms with Crippen molar-refractivity contribution in [3.8, 4) is 0 Å². The molecule has 2 aliphatic heterocycles. The molecular formula is C24H26N2O5. The number of hydrogen-bond acceptors (Lipinski definition) is 5. The summed E-state index contributed by atoms with van der Waals surface area (Å²) in [7, 11) is 1.31. The van der Waals surface area contributed by atoms with Crippen LogP contribution in [0.3, 0.4) is 0 Å². The summed E-state index contributed by atoms with van der Waals surface area (Å²) in [6.45, 7) is 5.36. The van der Waals surface area contributed by atoms with Gasteiger partial charge in [-0.05, 0) is 44.0 Å². The van der Waals surface area contributed by atoms with E-state index in [0.717, 1.165) is 11.1 Å². The first-order valence-electron chi connectivity index (χ1n) is 10.3. The van der Waals surface area contributed by atoms with Gasteiger partial charge in [-0.25, -0.2) is 9.59 Å². The lowest BCUT2D eigenvalue weighted by Gasteiger charge is -2.32. The van der Waals surface area contributed by atoms with Gasteiger partial charge < -0.3 is 9.47 Å². The highest BCUT2D eigenvalue weighted by molar-refractivity contribution is 6.10. The van der Waals surface area contributed by atoms with E-state index in [2.05, 4.69) is 0 Å². The highest BCUT2D eigenvalue weighted by atomic mass is 16.6. The van der Waals surface area contributed by atoms with Crippen LogP contribution in [0.5, 0.6) is 0 Å². The van der Waals surface area contributed by atoms with Crippen LogP contribution in [0.1, 0.15) is 31.9 Å². The quantitative estimate of drug-likeness (QED) is 0.693. The van der Waals surface area contributed by atoms with Crippen molar-refractivity contribution in [1.29, 1.82) is 0 Å². The standard InChI is InChI=1S/C24H26N2O5/c1-24(2,3)31-23(29)26-18-12-8-6-9-15(18)13-19(26)21(27)25-17-11-7-5-10-16(17)14-20(25)22(28)30-4/h5-12,19-20H,13-14H2,1-4H3. The van der Waals surface area contributed by atoms with Gasteiger partial charge in [-0.2, -0.15) is 0 Å². The van der Waals surface area contributed by atoms with Gasteiger partial charge in [0.15, 0.2) is 0 Å². The average Bonchev–Trinajstić information content (AvgIpc) is 3.30. The van der Waals surface area contributed by atoms with Crippen molar-refractivity contribution in [1.82, 2.24) is 0 Å². The topological polar surface area (TPSA) is 76.2 Å². The maximum absolute atomic E-state index is 13.9. The molecule has 0 aliphatic carbocycles. The summed E-state index contributed by atoms with van der Waals surface area (Å²) in [4.78, 5) is 42.4. The van der Waals surface area contributed by atoms with E-state index in [1.807, 2.05) is 48.5 Å². The number of hydrogen-bond donors (Lipinski definition) is 0. The Bertz CT molecular complexity index is 1040. The second-order valence-electron chi connectivity index (χ2n) is 8.78. The highest BCUT2D eigenvalue weighted by Crippen LogP contribution is 2.38.